The number of rotatable bonds is 5. The number of methoxy groups -OCH3 is 1. The highest BCUT2D eigenvalue weighted by atomic mass is 16.5. The van der Waals surface area contributed by atoms with Gasteiger partial charge in [0.25, 0.3) is 0 Å². The first-order chi connectivity index (χ1) is 10.6. The Morgan fingerprint density at radius 2 is 2.05 bits per heavy atom. The molecule has 1 unspecified atom stereocenters. The third-order valence-electron chi connectivity index (χ3n) is 4.14. The zero-order chi connectivity index (χ0) is 15.9. The van der Waals surface area contributed by atoms with Crippen molar-refractivity contribution in [1.29, 1.82) is 0 Å². The standard InChI is InChI=1S/C17H27N3O2/c1-19(2)13-11-15-6-4-5-12-20(15)17(21)18-14-7-9-16(22-3)10-8-14/h7-10,15H,4-6,11-13H2,1-3H3,(H,18,21). The first kappa shape index (κ1) is 16.6. The minimum atomic E-state index is 0.00798. The first-order valence-corrected chi connectivity index (χ1v) is 7.96. The van der Waals surface area contributed by atoms with Crippen molar-refractivity contribution >= 4 is 11.7 Å². The monoisotopic (exact) mass is 305 g/mol. The molecule has 1 N–H and O–H groups in total. The van der Waals surface area contributed by atoms with Crippen molar-refractivity contribution in [1.82, 2.24) is 9.80 Å². The van der Waals surface area contributed by atoms with Gasteiger partial charge in [-0.2, -0.15) is 0 Å². The highest BCUT2D eigenvalue weighted by Gasteiger charge is 2.26. The van der Waals surface area contributed by atoms with Crippen molar-refractivity contribution in [3.05, 3.63) is 24.3 Å². The van der Waals surface area contributed by atoms with Gasteiger partial charge in [-0.1, -0.05) is 0 Å². The number of carbonyl (C=O) groups is 1. The molecule has 1 aliphatic heterocycles. The van der Waals surface area contributed by atoms with Gasteiger partial charge in [0.1, 0.15) is 5.75 Å². The molecule has 0 aliphatic carbocycles. The zero-order valence-electron chi connectivity index (χ0n) is 13.8. The fourth-order valence-corrected chi connectivity index (χ4v) is 2.84. The van der Waals surface area contributed by atoms with E-state index in [-0.39, 0.29) is 6.03 Å². The first-order valence-electron chi connectivity index (χ1n) is 7.96. The maximum Gasteiger partial charge on any atom is 0.322 e. The van der Waals surface area contributed by atoms with Gasteiger partial charge in [-0.15, -0.1) is 0 Å². The van der Waals surface area contributed by atoms with Crippen LogP contribution in [0.1, 0.15) is 25.7 Å². The van der Waals surface area contributed by atoms with Gasteiger partial charge in [-0.3, -0.25) is 0 Å². The maximum absolute atomic E-state index is 12.5. The largest absolute Gasteiger partial charge is 0.497 e. The lowest BCUT2D eigenvalue weighted by molar-refractivity contribution is 0.152. The number of anilines is 1. The molecule has 0 spiro atoms. The topological polar surface area (TPSA) is 44.8 Å². The molecule has 2 amide bonds. The van der Waals surface area contributed by atoms with Crippen LogP contribution in [-0.2, 0) is 0 Å². The van der Waals surface area contributed by atoms with E-state index < -0.39 is 0 Å². The van der Waals surface area contributed by atoms with Crippen LogP contribution in [-0.4, -0.2) is 56.2 Å². The van der Waals surface area contributed by atoms with Crippen molar-refractivity contribution in [2.75, 3.05) is 39.6 Å². The molecule has 5 heteroatoms. The summed E-state index contributed by atoms with van der Waals surface area (Å²) in [5, 5.41) is 3.00. The van der Waals surface area contributed by atoms with Gasteiger partial charge in [0.05, 0.1) is 7.11 Å². The predicted octanol–water partition coefficient (Wildman–Crippen LogP) is 3.03. The van der Waals surface area contributed by atoms with E-state index in [0.717, 1.165) is 43.8 Å². The number of piperidine rings is 1. The molecule has 0 saturated carbocycles. The van der Waals surface area contributed by atoms with Crippen LogP contribution >= 0.6 is 0 Å². The van der Waals surface area contributed by atoms with Gasteiger partial charge in [0.2, 0.25) is 0 Å². The van der Waals surface area contributed by atoms with Crippen molar-refractivity contribution in [2.45, 2.75) is 31.7 Å². The minimum absolute atomic E-state index is 0.00798. The summed E-state index contributed by atoms with van der Waals surface area (Å²) in [7, 11) is 5.78. The highest BCUT2D eigenvalue weighted by Crippen LogP contribution is 2.22. The van der Waals surface area contributed by atoms with Crippen molar-refractivity contribution in [3.63, 3.8) is 0 Å². The molecular formula is C17H27N3O2. The number of ether oxygens (including phenoxy) is 1. The summed E-state index contributed by atoms with van der Waals surface area (Å²) < 4.78 is 5.13. The summed E-state index contributed by atoms with van der Waals surface area (Å²) in [4.78, 5) is 16.7. The lowest BCUT2D eigenvalue weighted by Gasteiger charge is -2.36. The SMILES string of the molecule is COc1ccc(NC(=O)N2CCCCC2CCN(C)C)cc1. The van der Waals surface area contributed by atoms with Gasteiger partial charge < -0.3 is 19.9 Å². The summed E-state index contributed by atoms with van der Waals surface area (Å²) in [6, 6.07) is 7.80. The van der Waals surface area contributed by atoms with Crippen LogP contribution < -0.4 is 10.1 Å². The number of urea groups is 1. The van der Waals surface area contributed by atoms with Crippen LogP contribution in [0.4, 0.5) is 10.5 Å². The molecule has 1 atom stereocenters. The summed E-state index contributed by atoms with van der Waals surface area (Å²) in [5.41, 5.74) is 0.808. The fourth-order valence-electron chi connectivity index (χ4n) is 2.84. The summed E-state index contributed by atoms with van der Waals surface area (Å²) >= 11 is 0. The van der Waals surface area contributed by atoms with E-state index in [4.69, 9.17) is 4.74 Å². The van der Waals surface area contributed by atoms with Crippen LogP contribution in [0.25, 0.3) is 0 Å². The summed E-state index contributed by atoms with van der Waals surface area (Å²) in [6.45, 7) is 1.86. The average molecular weight is 305 g/mol. The van der Waals surface area contributed by atoms with E-state index in [1.807, 2.05) is 29.2 Å². The molecule has 1 fully saturated rings. The quantitative estimate of drug-likeness (QED) is 0.909. The zero-order valence-corrected chi connectivity index (χ0v) is 13.8. The molecule has 2 rings (SSSR count). The Kier molecular flexibility index (Phi) is 6.07. The van der Waals surface area contributed by atoms with Gasteiger partial charge in [-0.25, -0.2) is 4.79 Å². The normalized spacial score (nSPS) is 18.4. The molecule has 0 radical (unpaired) electrons. The second-order valence-electron chi connectivity index (χ2n) is 6.09. The second kappa shape index (κ2) is 8.03. The van der Waals surface area contributed by atoms with Gasteiger partial charge in [0, 0.05) is 18.3 Å². The Morgan fingerprint density at radius 3 is 2.68 bits per heavy atom. The molecule has 1 saturated heterocycles. The number of nitrogens with one attached hydrogen (secondary N) is 1. The van der Waals surface area contributed by atoms with Crippen LogP contribution in [0, 0.1) is 0 Å². The Hall–Kier alpha value is -1.75. The highest BCUT2D eigenvalue weighted by molar-refractivity contribution is 5.89. The third kappa shape index (κ3) is 4.63. The van der Waals surface area contributed by atoms with Gasteiger partial charge in [-0.05, 0) is 70.6 Å². The van der Waals surface area contributed by atoms with Crippen molar-refractivity contribution in [3.8, 4) is 5.75 Å². The van der Waals surface area contributed by atoms with Crippen LogP contribution in [0.15, 0.2) is 24.3 Å². The molecule has 0 bridgehead atoms. The van der Waals surface area contributed by atoms with E-state index in [9.17, 15) is 4.79 Å². The molecule has 1 aromatic rings. The number of hydrogen-bond acceptors (Lipinski definition) is 3. The molecule has 1 heterocycles. The molecule has 122 valence electrons. The molecule has 1 aromatic carbocycles. The average Bonchev–Trinajstić information content (AvgIpc) is 2.54. The third-order valence-corrected chi connectivity index (χ3v) is 4.14. The maximum atomic E-state index is 12.5. The fraction of sp³-hybridized carbons (Fsp3) is 0.588. The minimum Gasteiger partial charge on any atom is -0.497 e. The summed E-state index contributed by atoms with van der Waals surface area (Å²) in [6.07, 6.45) is 4.44. The van der Waals surface area contributed by atoms with E-state index in [0.29, 0.717) is 6.04 Å². The Labute approximate surface area is 133 Å². The van der Waals surface area contributed by atoms with Crippen LogP contribution in [0.3, 0.4) is 0 Å². The number of hydrogen-bond donors (Lipinski definition) is 1. The molecule has 22 heavy (non-hydrogen) atoms. The smallest absolute Gasteiger partial charge is 0.322 e. The van der Waals surface area contributed by atoms with E-state index in [1.165, 1.54) is 6.42 Å². The van der Waals surface area contributed by atoms with E-state index in [2.05, 4.69) is 24.3 Å². The summed E-state index contributed by atoms with van der Waals surface area (Å²) in [5.74, 6) is 0.792. The lowest BCUT2D eigenvalue weighted by atomic mass is 9.99. The Bertz CT molecular complexity index is 473. The number of likely N-dealkylation sites (tertiary alicyclic amines) is 1. The van der Waals surface area contributed by atoms with E-state index in [1.54, 1.807) is 7.11 Å². The molecule has 0 aromatic heterocycles. The van der Waals surface area contributed by atoms with Crippen LogP contribution in [0.5, 0.6) is 5.75 Å². The second-order valence-corrected chi connectivity index (χ2v) is 6.09. The predicted molar refractivity (Wildman–Crippen MR) is 89.5 cm³/mol. The van der Waals surface area contributed by atoms with Gasteiger partial charge in [0.15, 0.2) is 0 Å². The lowest BCUT2D eigenvalue weighted by Crippen LogP contribution is -2.46. The number of nitrogens with zero attached hydrogens (tertiary/aromatic N) is 2. The van der Waals surface area contributed by atoms with Gasteiger partial charge >= 0.3 is 6.03 Å². The molecule has 5 nitrogen and oxygen atoms in total. The number of benzene rings is 1. The molecular weight excluding hydrogens is 278 g/mol. The van der Waals surface area contributed by atoms with Crippen LogP contribution in [0.2, 0.25) is 0 Å². The van der Waals surface area contributed by atoms with Crippen molar-refractivity contribution < 1.29 is 9.53 Å². The Morgan fingerprint density at radius 1 is 1.32 bits per heavy atom. The number of amides is 2. The Balaban J connectivity index is 1.95. The number of carbonyl (C=O) groups excluding carboxylic acids is 1. The van der Waals surface area contributed by atoms with Crippen molar-refractivity contribution in [2.24, 2.45) is 0 Å². The molecule has 1 aliphatic rings. The van der Waals surface area contributed by atoms with E-state index >= 15 is 0 Å².